The smallest absolute Gasteiger partial charge is 0.254 e. The predicted octanol–water partition coefficient (Wildman–Crippen LogP) is 1.76. The summed E-state index contributed by atoms with van der Waals surface area (Å²) in [6, 6.07) is 3.58. The number of aromatic nitrogens is 1. The van der Waals surface area contributed by atoms with Crippen molar-refractivity contribution in [2.24, 2.45) is 0 Å². The lowest BCUT2D eigenvalue weighted by molar-refractivity contribution is 0.0351. The lowest BCUT2D eigenvalue weighted by Gasteiger charge is -2.31. The number of methoxy groups -OCH3 is 1. The van der Waals surface area contributed by atoms with Crippen LogP contribution in [0.5, 0.6) is 0 Å². The van der Waals surface area contributed by atoms with E-state index in [1.165, 1.54) is 0 Å². The van der Waals surface area contributed by atoms with Gasteiger partial charge in [-0.15, -0.1) is 0 Å². The Bertz CT molecular complexity index is 428. The third-order valence-corrected chi connectivity index (χ3v) is 3.43. The summed E-state index contributed by atoms with van der Waals surface area (Å²) in [5.74, 6) is 0.830. The molecule has 2 rings (SSSR count). The van der Waals surface area contributed by atoms with Gasteiger partial charge >= 0.3 is 0 Å². The lowest BCUT2D eigenvalue weighted by atomic mass is 10.1. The molecule has 1 amide bonds. The first-order valence-corrected chi connectivity index (χ1v) is 6.76. The number of likely N-dealkylation sites (tertiary alicyclic amines) is 1. The molecule has 1 aromatic rings. The van der Waals surface area contributed by atoms with Crippen LogP contribution in [0.1, 0.15) is 30.1 Å². The van der Waals surface area contributed by atoms with Gasteiger partial charge in [0.05, 0.1) is 6.10 Å². The van der Waals surface area contributed by atoms with Gasteiger partial charge in [-0.05, 0) is 31.9 Å². The van der Waals surface area contributed by atoms with E-state index < -0.39 is 0 Å². The van der Waals surface area contributed by atoms with Gasteiger partial charge in [-0.25, -0.2) is 4.98 Å². The minimum Gasteiger partial charge on any atom is -0.381 e. The first-order valence-electron chi connectivity index (χ1n) is 6.76. The highest BCUT2D eigenvalue weighted by Crippen LogP contribution is 2.16. The topological polar surface area (TPSA) is 54.5 Å². The van der Waals surface area contributed by atoms with Crippen LogP contribution in [0, 0.1) is 0 Å². The molecule has 0 bridgehead atoms. The van der Waals surface area contributed by atoms with E-state index in [0.29, 0.717) is 11.7 Å². The second-order valence-electron chi connectivity index (χ2n) is 4.69. The highest BCUT2D eigenvalue weighted by Gasteiger charge is 2.23. The molecule has 0 atom stereocenters. The first kappa shape index (κ1) is 13.8. The molecule has 1 aliphatic rings. The molecule has 1 saturated heterocycles. The zero-order valence-corrected chi connectivity index (χ0v) is 11.6. The van der Waals surface area contributed by atoms with Crippen LogP contribution < -0.4 is 5.32 Å². The molecule has 1 aliphatic heterocycles. The number of nitrogens with zero attached hydrogens (tertiary/aromatic N) is 2. The third kappa shape index (κ3) is 3.44. The van der Waals surface area contributed by atoms with Gasteiger partial charge < -0.3 is 15.0 Å². The minimum atomic E-state index is 0.0797. The summed E-state index contributed by atoms with van der Waals surface area (Å²) in [5.41, 5.74) is 0.696. The maximum atomic E-state index is 12.4. The molecule has 0 radical (unpaired) electrons. The maximum Gasteiger partial charge on any atom is 0.254 e. The molecule has 0 unspecified atom stereocenters. The Balaban J connectivity index is 2.01. The SMILES string of the molecule is CCNc1cc(C(=O)N2CCC(OC)CC2)ccn1. The van der Waals surface area contributed by atoms with Gasteiger partial charge in [-0.3, -0.25) is 4.79 Å². The molecule has 0 saturated carbocycles. The van der Waals surface area contributed by atoms with Crippen molar-refractivity contribution < 1.29 is 9.53 Å². The molecule has 0 aromatic carbocycles. The number of hydrogen-bond acceptors (Lipinski definition) is 4. The van der Waals surface area contributed by atoms with E-state index in [4.69, 9.17) is 4.74 Å². The summed E-state index contributed by atoms with van der Waals surface area (Å²) >= 11 is 0. The highest BCUT2D eigenvalue weighted by atomic mass is 16.5. The summed E-state index contributed by atoms with van der Waals surface area (Å²) in [7, 11) is 1.73. The van der Waals surface area contributed by atoms with E-state index in [1.807, 2.05) is 17.9 Å². The van der Waals surface area contributed by atoms with Crippen LogP contribution in [0.2, 0.25) is 0 Å². The Kier molecular flexibility index (Phi) is 4.74. The number of piperidine rings is 1. The van der Waals surface area contributed by atoms with Gasteiger partial charge in [-0.1, -0.05) is 0 Å². The van der Waals surface area contributed by atoms with Crippen molar-refractivity contribution >= 4 is 11.7 Å². The summed E-state index contributed by atoms with van der Waals surface area (Å²) in [6.45, 7) is 4.32. The van der Waals surface area contributed by atoms with Crippen molar-refractivity contribution in [3.05, 3.63) is 23.9 Å². The van der Waals surface area contributed by atoms with Crippen molar-refractivity contribution in [1.29, 1.82) is 0 Å². The summed E-state index contributed by atoms with van der Waals surface area (Å²) in [6.07, 6.45) is 3.78. The van der Waals surface area contributed by atoms with Crippen LogP contribution in [0.3, 0.4) is 0 Å². The second-order valence-corrected chi connectivity index (χ2v) is 4.69. The molecule has 0 spiro atoms. The number of amides is 1. The van der Waals surface area contributed by atoms with Gasteiger partial charge in [-0.2, -0.15) is 0 Å². The number of pyridine rings is 1. The minimum absolute atomic E-state index is 0.0797. The van der Waals surface area contributed by atoms with E-state index in [-0.39, 0.29) is 5.91 Å². The quantitative estimate of drug-likeness (QED) is 0.899. The molecule has 0 aliphatic carbocycles. The van der Waals surface area contributed by atoms with E-state index in [1.54, 1.807) is 19.4 Å². The average Bonchev–Trinajstić information content (AvgIpc) is 2.47. The first-order chi connectivity index (χ1) is 9.24. The third-order valence-electron chi connectivity index (χ3n) is 3.43. The fraction of sp³-hybridized carbons (Fsp3) is 0.571. The summed E-state index contributed by atoms with van der Waals surface area (Å²) in [5, 5.41) is 3.12. The van der Waals surface area contributed by atoms with Gasteiger partial charge in [0.1, 0.15) is 5.82 Å². The Labute approximate surface area is 114 Å². The Morgan fingerprint density at radius 3 is 2.89 bits per heavy atom. The second kappa shape index (κ2) is 6.52. The number of hydrogen-bond donors (Lipinski definition) is 1. The van der Waals surface area contributed by atoms with Crippen molar-refractivity contribution in [3.63, 3.8) is 0 Å². The largest absolute Gasteiger partial charge is 0.381 e. The molecule has 1 aromatic heterocycles. The number of anilines is 1. The van der Waals surface area contributed by atoms with Crippen molar-refractivity contribution in [3.8, 4) is 0 Å². The molecule has 5 nitrogen and oxygen atoms in total. The van der Waals surface area contributed by atoms with E-state index in [2.05, 4.69) is 10.3 Å². The van der Waals surface area contributed by atoms with E-state index in [9.17, 15) is 4.79 Å². The summed E-state index contributed by atoms with van der Waals surface area (Å²) in [4.78, 5) is 18.5. The van der Waals surface area contributed by atoms with Gasteiger partial charge in [0.25, 0.3) is 5.91 Å². The Morgan fingerprint density at radius 2 is 2.26 bits per heavy atom. The number of carbonyl (C=O) groups excluding carboxylic acids is 1. The molecule has 5 heteroatoms. The van der Waals surface area contributed by atoms with Crippen LogP contribution in [-0.4, -0.2) is 48.6 Å². The van der Waals surface area contributed by atoms with Gasteiger partial charge in [0.2, 0.25) is 0 Å². The Morgan fingerprint density at radius 1 is 1.53 bits per heavy atom. The van der Waals surface area contributed by atoms with E-state index >= 15 is 0 Å². The molecular formula is C14H21N3O2. The number of carbonyl (C=O) groups is 1. The van der Waals surface area contributed by atoms with Gasteiger partial charge in [0.15, 0.2) is 0 Å². The fourth-order valence-corrected chi connectivity index (χ4v) is 2.32. The molecule has 19 heavy (non-hydrogen) atoms. The number of rotatable bonds is 4. The zero-order valence-electron chi connectivity index (χ0n) is 11.6. The lowest BCUT2D eigenvalue weighted by Crippen LogP contribution is -2.40. The molecular weight excluding hydrogens is 242 g/mol. The highest BCUT2D eigenvalue weighted by molar-refractivity contribution is 5.94. The van der Waals surface area contributed by atoms with E-state index in [0.717, 1.165) is 38.3 Å². The van der Waals surface area contributed by atoms with Crippen LogP contribution in [-0.2, 0) is 4.74 Å². The number of nitrogens with one attached hydrogen (secondary N) is 1. The zero-order chi connectivity index (χ0) is 13.7. The van der Waals surface area contributed by atoms with Crippen LogP contribution in [0.4, 0.5) is 5.82 Å². The molecule has 1 fully saturated rings. The van der Waals surface area contributed by atoms with Gasteiger partial charge in [0, 0.05) is 38.5 Å². The standard InChI is InChI=1S/C14H21N3O2/c1-3-15-13-10-11(4-7-16-13)14(18)17-8-5-12(19-2)6-9-17/h4,7,10,12H,3,5-6,8-9H2,1-2H3,(H,15,16). The fourth-order valence-electron chi connectivity index (χ4n) is 2.32. The monoisotopic (exact) mass is 263 g/mol. The average molecular weight is 263 g/mol. The van der Waals surface area contributed by atoms with Crippen LogP contribution >= 0.6 is 0 Å². The predicted molar refractivity (Wildman–Crippen MR) is 74.3 cm³/mol. The van der Waals surface area contributed by atoms with Crippen LogP contribution in [0.15, 0.2) is 18.3 Å². The van der Waals surface area contributed by atoms with Crippen LogP contribution in [0.25, 0.3) is 0 Å². The normalized spacial score (nSPS) is 16.4. The Hall–Kier alpha value is -1.62. The molecule has 104 valence electrons. The maximum absolute atomic E-state index is 12.4. The van der Waals surface area contributed by atoms with Crippen molar-refractivity contribution in [1.82, 2.24) is 9.88 Å². The molecule has 2 heterocycles. The number of ether oxygens (including phenoxy) is 1. The summed E-state index contributed by atoms with van der Waals surface area (Å²) < 4.78 is 5.32. The molecule has 1 N–H and O–H groups in total. The van der Waals surface area contributed by atoms with Crippen molar-refractivity contribution in [2.45, 2.75) is 25.9 Å². The van der Waals surface area contributed by atoms with Crippen molar-refractivity contribution in [2.75, 3.05) is 32.1 Å².